The number of hydrogen-bond donors (Lipinski definition) is 1. The quantitative estimate of drug-likeness (QED) is 0.676. The molecule has 2 N–H and O–H groups in total. The SMILES string of the molecule is CCn1cc(OCC(N)=O)cn1. The lowest BCUT2D eigenvalue weighted by molar-refractivity contribution is -0.119. The van der Waals surface area contributed by atoms with E-state index in [0.29, 0.717) is 5.75 Å². The van der Waals surface area contributed by atoms with E-state index < -0.39 is 5.91 Å². The number of nitrogens with zero attached hydrogens (tertiary/aromatic N) is 2. The molecule has 0 atom stereocenters. The second kappa shape index (κ2) is 3.75. The largest absolute Gasteiger partial charge is 0.480 e. The van der Waals surface area contributed by atoms with Gasteiger partial charge in [0.1, 0.15) is 0 Å². The lowest BCUT2D eigenvalue weighted by atomic mass is 10.6. The van der Waals surface area contributed by atoms with Crippen LogP contribution in [0.1, 0.15) is 6.92 Å². The molecule has 66 valence electrons. The second-order valence-electron chi connectivity index (χ2n) is 2.29. The van der Waals surface area contributed by atoms with Crippen molar-refractivity contribution in [2.24, 2.45) is 5.73 Å². The lowest BCUT2D eigenvalue weighted by Gasteiger charge is -1.97. The van der Waals surface area contributed by atoms with Crippen LogP contribution in [0, 0.1) is 0 Å². The van der Waals surface area contributed by atoms with E-state index in [1.165, 1.54) is 0 Å². The molecule has 5 nitrogen and oxygen atoms in total. The van der Waals surface area contributed by atoms with Gasteiger partial charge in [0.25, 0.3) is 5.91 Å². The van der Waals surface area contributed by atoms with Crippen LogP contribution >= 0.6 is 0 Å². The first kappa shape index (κ1) is 8.58. The van der Waals surface area contributed by atoms with Crippen molar-refractivity contribution in [1.29, 1.82) is 0 Å². The molecular weight excluding hydrogens is 158 g/mol. The van der Waals surface area contributed by atoms with E-state index in [4.69, 9.17) is 10.5 Å². The summed E-state index contributed by atoms with van der Waals surface area (Å²) in [6.45, 7) is 2.64. The second-order valence-corrected chi connectivity index (χ2v) is 2.29. The van der Waals surface area contributed by atoms with Gasteiger partial charge in [-0.25, -0.2) is 0 Å². The zero-order valence-electron chi connectivity index (χ0n) is 6.86. The van der Waals surface area contributed by atoms with E-state index in [1.807, 2.05) is 6.92 Å². The van der Waals surface area contributed by atoms with Crippen LogP contribution in [0.25, 0.3) is 0 Å². The number of rotatable bonds is 4. The first-order valence-corrected chi connectivity index (χ1v) is 3.66. The number of primary amides is 1. The van der Waals surface area contributed by atoms with Crippen LogP contribution in [-0.4, -0.2) is 22.3 Å². The van der Waals surface area contributed by atoms with Gasteiger partial charge in [0, 0.05) is 6.54 Å². The van der Waals surface area contributed by atoms with Crippen molar-refractivity contribution in [1.82, 2.24) is 9.78 Å². The van der Waals surface area contributed by atoms with Gasteiger partial charge in [-0.15, -0.1) is 0 Å². The molecule has 0 saturated carbocycles. The minimum Gasteiger partial charge on any atom is -0.480 e. The van der Waals surface area contributed by atoms with Gasteiger partial charge in [-0.1, -0.05) is 0 Å². The molecule has 0 fully saturated rings. The Morgan fingerprint density at radius 1 is 1.83 bits per heavy atom. The maximum Gasteiger partial charge on any atom is 0.255 e. The Morgan fingerprint density at radius 2 is 2.58 bits per heavy atom. The van der Waals surface area contributed by atoms with Crippen molar-refractivity contribution >= 4 is 5.91 Å². The van der Waals surface area contributed by atoms with E-state index in [-0.39, 0.29) is 6.61 Å². The van der Waals surface area contributed by atoms with Crippen LogP contribution in [0.5, 0.6) is 5.75 Å². The Hall–Kier alpha value is -1.52. The van der Waals surface area contributed by atoms with E-state index in [1.54, 1.807) is 17.1 Å². The molecule has 12 heavy (non-hydrogen) atoms. The summed E-state index contributed by atoms with van der Waals surface area (Å²) in [6.07, 6.45) is 3.26. The molecule has 5 heteroatoms. The summed E-state index contributed by atoms with van der Waals surface area (Å²) < 4.78 is 6.70. The summed E-state index contributed by atoms with van der Waals surface area (Å²) in [4.78, 5) is 10.3. The number of carbonyl (C=O) groups is 1. The highest BCUT2D eigenvalue weighted by Crippen LogP contribution is 2.06. The molecule has 1 rings (SSSR count). The Kier molecular flexibility index (Phi) is 2.68. The van der Waals surface area contributed by atoms with Gasteiger partial charge in [-0.05, 0) is 6.92 Å². The molecule has 1 heterocycles. The molecule has 0 aromatic carbocycles. The van der Waals surface area contributed by atoms with Gasteiger partial charge in [-0.3, -0.25) is 9.48 Å². The number of carbonyl (C=O) groups excluding carboxylic acids is 1. The number of hydrogen-bond acceptors (Lipinski definition) is 3. The van der Waals surface area contributed by atoms with Crippen molar-refractivity contribution in [3.8, 4) is 5.75 Å². The third-order valence-electron chi connectivity index (χ3n) is 1.31. The third-order valence-corrected chi connectivity index (χ3v) is 1.31. The molecule has 1 aromatic heterocycles. The Morgan fingerprint density at radius 3 is 3.08 bits per heavy atom. The van der Waals surface area contributed by atoms with Gasteiger partial charge < -0.3 is 10.5 Å². The molecule has 0 unspecified atom stereocenters. The van der Waals surface area contributed by atoms with Crippen LogP contribution < -0.4 is 10.5 Å². The van der Waals surface area contributed by atoms with Gasteiger partial charge in [0.15, 0.2) is 12.4 Å². The first-order valence-electron chi connectivity index (χ1n) is 3.66. The van der Waals surface area contributed by atoms with Crippen LogP contribution in [-0.2, 0) is 11.3 Å². The number of nitrogens with two attached hydrogens (primary N) is 1. The smallest absolute Gasteiger partial charge is 0.255 e. The molecule has 1 aromatic rings. The summed E-state index contributed by atoms with van der Waals surface area (Å²) in [5, 5.41) is 3.95. The minimum atomic E-state index is -0.487. The van der Waals surface area contributed by atoms with E-state index in [2.05, 4.69) is 5.10 Å². The molecule has 0 bridgehead atoms. The highest BCUT2D eigenvalue weighted by atomic mass is 16.5. The standard InChI is InChI=1S/C7H11N3O2/c1-2-10-4-6(3-9-10)12-5-7(8)11/h3-4H,2,5H2,1H3,(H2,8,11). The Bertz CT molecular complexity index is 269. The summed E-state index contributed by atoms with van der Waals surface area (Å²) in [6, 6.07) is 0. The fourth-order valence-electron chi connectivity index (χ4n) is 0.747. The molecule has 0 saturated heterocycles. The van der Waals surface area contributed by atoms with E-state index in [9.17, 15) is 4.79 Å². The van der Waals surface area contributed by atoms with Crippen LogP contribution in [0.3, 0.4) is 0 Å². The van der Waals surface area contributed by atoms with Crippen LogP contribution in [0.15, 0.2) is 12.4 Å². The summed E-state index contributed by atoms with van der Waals surface area (Å²) in [5.74, 6) is 0.0786. The summed E-state index contributed by atoms with van der Waals surface area (Å²) in [5.41, 5.74) is 4.89. The maximum atomic E-state index is 10.3. The van der Waals surface area contributed by atoms with Crippen LogP contribution in [0.2, 0.25) is 0 Å². The monoisotopic (exact) mass is 169 g/mol. The molecule has 0 aliphatic heterocycles. The molecule has 1 amide bonds. The number of amides is 1. The molecule has 0 spiro atoms. The van der Waals surface area contributed by atoms with Crippen molar-refractivity contribution < 1.29 is 9.53 Å². The molecule has 0 aliphatic rings. The zero-order valence-corrected chi connectivity index (χ0v) is 6.86. The van der Waals surface area contributed by atoms with Crippen LogP contribution in [0.4, 0.5) is 0 Å². The lowest BCUT2D eigenvalue weighted by Crippen LogP contribution is -2.19. The highest BCUT2D eigenvalue weighted by Gasteiger charge is 1.99. The van der Waals surface area contributed by atoms with Crippen molar-refractivity contribution in [3.63, 3.8) is 0 Å². The number of aryl methyl sites for hydroxylation is 1. The van der Waals surface area contributed by atoms with Crippen molar-refractivity contribution in [2.75, 3.05) is 6.61 Å². The molecule has 0 aliphatic carbocycles. The predicted molar refractivity (Wildman–Crippen MR) is 42.6 cm³/mol. The average Bonchev–Trinajstić information content (AvgIpc) is 2.48. The predicted octanol–water partition coefficient (Wildman–Crippen LogP) is -0.233. The fraction of sp³-hybridized carbons (Fsp3) is 0.429. The van der Waals surface area contributed by atoms with E-state index in [0.717, 1.165) is 6.54 Å². The zero-order chi connectivity index (χ0) is 8.97. The maximum absolute atomic E-state index is 10.3. The fourth-order valence-corrected chi connectivity index (χ4v) is 0.747. The Labute approximate surface area is 70.1 Å². The first-order chi connectivity index (χ1) is 5.72. The average molecular weight is 169 g/mol. The number of aromatic nitrogens is 2. The Balaban J connectivity index is 2.47. The van der Waals surface area contributed by atoms with Crippen molar-refractivity contribution in [2.45, 2.75) is 13.5 Å². The minimum absolute atomic E-state index is 0.102. The van der Waals surface area contributed by atoms with Crippen molar-refractivity contribution in [3.05, 3.63) is 12.4 Å². The van der Waals surface area contributed by atoms with Gasteiger partial charge in [0.05, 0.1) is 12.4 Å². The summed E-state index contributed by atoms with van der Waals surface area (Å²) >= 11 is 0. The third kappa shape index (κ3) is 2.26. The number of ether oxygens (including phenoxy) is 1. The van der Waals surface area contributed by atoms with Gasteiger partial charge in [0.2, 0.25) is 0 Å². The van der Waals surface area contributed by atoms with Gasteiger partial charge in [-0.2, -0.15) is 5.10 Å². The van der Waals surface area contributed by atoms with Gasteiger partial charge >= 0.3 is 0 Å². The highest BCUT2D eigenvalue weighted by molar-refractivity contribution is 5.75. The molecular formula is C7H11N3O2. The molecule has 0 radical (unpaired) electrons. The van der Waals surface area contributed by atoms with E-state index >= 15 is 0 Å². The summed E-state index contributed by atoms with van der Waals surface area (Å²) in [7, 11) is 0. The topological polar surface area (TPSA) is 70.1 Å². The normalized spacial score (nSPS) is 9.75.